The molecule has 1 atom stereocenters. The van der Waals surface area contributed by atoms with Crippen molar-refractivity contribution in [2.45, 2.75) is 27.7 Å². The van der Waals surface area contributed by atoms with Crippen LogP contribution in [0.1, 0.15) is 43.0 Å². The third kappa shape index (κ3) is 7.75. The molecule has 0 saturated heterocycles. The van der Waals surface area contributed by atoms with Crippen LogP contribution in [0.25, 0.3) is 34.8 Å². The number of aromatic nitrogens is 2. The lowest BCUT2D eigenvalue weighted by Crippen LogP contribution is -2.30. The number of rotatable bonds is 8. The van der Waals surface area contributed by atoms with E-state index in [-0.39, 0.29) is 8.73 Å². The third-order valence-electron chi connectivity index (χ3n) is 10.1. The van der Waals surface area contributed by atoms with E-state index in [0.29, 0.717) is 18.2 Å². The molecule has 0 spiro atoms. The average Bonchev–Trinajstić information content (AvgIpc) is 3.59. The number of imidazole rings is 1. The van der Waals surface area contributed by atoms with Gasteiger partial charge in [-0.2, -0.15) is 0 Å². The van der Waals surface area contributed by atoms with Crippen molar-refractivity contribution in [3.05, 3.63) is 197 Å². The third-order valence-corrected chi connectivity index (χ3v) is 11.0. The topological polar surface area (TPSA) is 71.3 Å². The first-order valence-electron chi connectivity index (χ1n) is 18.8. The predicted molar refractivity (Wildman–Crippen MR) is 243 cm³/mol. The van der Waals surface area contributed by atoms with Gasteiger partial charge in [0.05, 0.1) is 16.2 Å². The van der Waals surface area contributed by atoms with E-state index in [0.717, 1.165) is 60.8 Å². The molecule has 0 saturated carbocycles. The van der Waals surface area contributed by atoms with Gasteiger partial charge in [-0.25, -0.2) is 14.7 Å². The second-order valence-corrected chi connectivity index (χ2v) is 15.3. The minimum Gasteiger partial charge on any atom is -0.383 e. The van der Waals surface area contributed by atoms with Crippen LogP contribution in [0, 0.1) is 12.3 Å². The molecule has 6 nitrogen and oxygen atoms in total. The first-order valence-corrected chi connectivity index (χ1v) is 19.8. The molecular formula is C49H47N6P. The fourth-order valence-electron chi connectivity index (χ4n) is 7.05. The molecule has 4 aromatic carbocycles. The quantitative estimate of drug-likeness (QED) is 0.0730. The highest BCUT2D eigenvalue weighted by molar-refractivity contribution is 7.46. The van der Waals surface area contributed by atoms with Crippen molar-refractivity contribution >= 4 is 66.2 Å². The number of hydrogen-bond acceptors (Lipinski definition) is 3. The number of hydrogen-bond donors (Lipinski definition) is 1. The Morgan fingerprint density at radius 3 is 2.30 bits per heavy atom. The van der Waals surface area contributed by atoms with Crippen molar-refractivity contribution in [1.82, 2.24) is 9.38 Å². The number of allylic oxidation sites excluding steroid dienone is 6. The molecule has 2 N–H and O–H groups in total. The highest BCUT2D eigenvalue weighted by Gasteiger charge is 2.28. The number of aliphatic imine (C=N–C) groups is 1. The zero-order valence-electron chi connectivity index (χ0n) is 32.4. The van der Waals surface area contributed by atoms with Crippen LogP contribution in [0.3, 0.4) is 0 Å². The van der Waals surface area contributed by atoms with E-state index in [1.807, 2.05) is 85.8 Å². The monoisotopic (exact) mass is 750 g/mol. The largest absolute Gasteiger partial charge is 0.383 e. The molecule has 6 aromatic rings. The number of nitrogens with two attached hydrogens (primary N) is 1. The molecular weight excluding hydrogens is 704 g/mol. The summed E-state index contributed by atoms with van der Waals surface area (Å²) in [5.74, 6) is 0.995. The van der Waals surface area contributed by atoms with Crippen LogP contribution in [0.5, 0.6) is 0 Å². The maximum absolute atomic E-state index is 6.72. The summed E-state index contributed by atoms with van der Waals surface area (Å²) in [5.41, 5.74) is 15.3. The molecule has 0 aliphatic carbocycles. The van der Waals surface area contributed by atoms with Crippen molar-refractivity contribution in [2.24, 2.45) is 20.9 Å². The van der Waals surface area contributed by atoms with Gasteiger partial charge in [0.25, 0.3) is 0 Å². The minimum atomic E-state index is -0.444. The SMILES string of the molecule is C=C/C=C1\C(=C)C(C)(C)/C=c2/nc3c(C)c(/C=C\C=C/C)c4ccccc4n3/c2=C/CN1c1ccc(C(N)=N/C(=N\Pc2ccccc2)c2ccccc2)cc1. The average molecular weight is 751 g/mol. The number of aryl methyl sites for hydroxylation is 1. The standard InChI is InChI=1S/C49H47N6P/c1-7-9-12-24-40-34(3)48-51-42-33-49(5,6)35(4)43(19-8-2)54(32-31-45(42)55(48)44-26-18-17-25-41(40)44)38-29-27-36(28-30-38)46(50)52-47(37-20-13-10-14-21-37)53-56-39-22-15-11-16-23-39/h7-31,33,56H,2,4,32H2,1,3,5-6H3,(H2,50,52,53)/b9-7-,24-12-,42-33+,43-19+,45-31+. The Labute approximate surface area is 331 Å². The zero-order valence-corrected chi connectivity index (χ0v) is 33.4. The van der Waals surface area contributed by atoms with Gasteiger partial charge in [-0.05, 0) is 78.8 Å². The Morgan fingerprint density at radius 1 is 0.893 bits per heavy atom. The summed E-state index contributed by atoms with van der Waals surface area (Å²) in [4.78, 5) is 12.5. The molecule has 56 heavy (non-hydrogen) atoms. The lowest BCUT2D eigenvalue weighted by Gasteiger charge is -2.33. The van der Waals surface area contributed by atoms with Crippen molar-refractivity contribution in [2.75, 3.05) is 11.4 Å². The second-order valence-electron chi connectivity index (χ2n) is 14.3. The number of anilines is 1. The first kappa shape index (κ1) is 37.9. The Kier molecular flexibility index (Phi) is 11.2. The van der Waals surface area contributed by atoms with Crippen LogP contribution in [0.4, 0.5) is 5.69 Å². The van der Waals surface area contributed by atoms with E-state index in [4.69, 9.17) is 20.5 Å². The molecule has 0 fully saturated rings. The summed E-state index contributed by atoms with van der Waals surface area (Å²) < 4.78 is 7.22. The van der Waals surface area contributed by atoms with Crippen molar-refractivity contribution < 1.29 is 0 Å². The summed E-state index contributed by atoms with van der Waals surface area (Å²) in [5, 5.41) is 4.29. The summed E-state index contributed by atoms with van der Waals surface area (Å²) >= 11 is 0. The molecule has 1 aliphatic heterocycles. The van der Waals surface area contributed by atoms with Crippen LogP contribution in [0.15, 0.2) is 174 Å². The van der Waals surface area contributed by atoms with E-state index in [1.165, 1.54) is 10.9 Å². The van der Waals surface area contributed by atoms with E-state index < -0.39 is 5.41 Å². The highest BCUT2D eigenvalue weighted by Crippen LogP contribution is 2.36. The maximum Gasteiger partial charge on any atom is 0.160 e. The number of benzene rings is 4. The summed E-state index contributed by atoms with van der Waals surface area (Å²) in [6.45, 7) is 17.9. The molecule has 2 aromatic heterocycles. The zero-order chi connectivity index (χ0) is 39.2. The summed E-state index contributed by atoms with van der Waals surface area (Å²) in [6.07, 6.45) is 16.8. The smallest absolute Gasteiger partial charge is 0.160 e. The number of amidine groups is 2. The Morgan fingerprint density at radius 2 is 1.59 bits per heavy atom. The van der Waals surface area contributed by atoms with E-state index in [9.17, 15) is 0 Å². The molecule has 7 rings (SSSR count). The van der Waals surface area contributed by atoms with Gasteiger partial charge < -0.3 is 10.6 Å². The second kappa shape index (κ2) is 16.6. The predicted octanol–water partition coefficient (Wildman–Crippen LogP) is 9.19. The molecule has 1 unspecified atom stereocenters. The van der Waals surface area contributed by atoms with Crippen LogP contribution in [-0.4, -0.2) is 27.6 Å². The van der Waals surface area contributed by atoms with E-state index in [2.05, 4.69) is 122 Å². The summed E-state index contributed by atoms with van der Waals surface area (Å²) in [7, 11) is 0.210. The van der Waals surface area contributed by atoms with Gasteiger partial charge in [-0.1, -0.05) is 136 Å². The molecule has 0 radical (unpaired) electrons. The fraction of sp³-hybridized carbons (Fsp3) is 0.122. The van der Waals surface area contributed by atoms with Crippen LogP contribution < -0.4 is 26.6 Å². The number of para-hydroxylation sites is 1. The van der Waals surface area contributed by atoms with Gasteiger partial charge in [-0.3, -0.25) is 4.40 Å². The molecule has 7 heteroatoms. The van der Waals surface area contributed by atoms with Gasteiger partial charge in [0.15, 0.2) is 5.84 Å². The fourth-order valence-corrected chi connectivity index (χ4v) is 7.81. The molecule has 278 valence electrons. The van der Waals surface area contributed by atoms with Gasteiger partial charge in [-0.15, -0.1) is 0 Å². The number of nitrogens with zero attached hydrogens (tertiary/aromatic N) is 5. The van der Waals surface area contributed by atoms with Crippen LogP contribution >= 0.6 is 8.73 Å². The van der Waals surface area contributed by atoms with Crippen molar-refractivity contribution in [3.63, 3.8) is 0 Å². The van der Waals surface area contributed by atoms with Gasteiger partial charge >= 0.3 is 0 Å². The molecule has 3 heterocycles. The van der Waals surface area contributed by atoms with Crippen molar-refractivity contribution in [1.29, 1.82) is 0 Å². The van der Waals surface area contributed by atoms with Gasteiger partial charge in [0.1, 0.15) is 11.5 Å². The lowest BCUT2D eigenvalue weighted by atomic mass is 9.82. The van der Waals surface area contributed by atoms with E-state index in [1.54, 1.807) is 0 Å². The molecule has 0 amide bonds. The first-order chi connectivity index (χ1) is 27.2. The molecule has 1 aliphatic rings. The van der Waals surface area contributed by atoms with Gasteiger partial charge in [0, 0.05) is 54.2 Å². The molecule has 0 bridgehead atoms. The van der Waals surface area contributed by atoms with E-state index >= 15 is 0 Å². The Balaban J connectivity index is 1.33. The van der Waals surface area contributed by atoms with Crippen LogP contribution in [0.2, 0.25) is 0 Å². The van der Waals surface area contributed by atoms with Crippen LogP contribution in [-0.2, 0) is 0 Å². The van der Waals surface area contributed by atoms with Crippen molar-refractivity contribution in [3.8, 4) is 0 Å². The van der Waals surface area contributed by atoms with Gasteiger partial charge in [0.2, 0.25) is 0 Å². The number of pyridine rings is 1. The Hall–Kier alpha value is -6.36. The minimum absolute atomic E-state index is 0.210. The highest BCUT2D eigenvalue weighted by atomic mass is 31.1. The maximum atomic E-state index is 6.72. The lowest BCUT2D eigenvalue weighted by molar-refractivity contribution is 0.623. The summed E-state index contributed by atoms with van der Waals surface area (Å²) in [6, 6.07) is 37.0. The normalized spacial score (nSPS) is 17.2. The number of fused-ring (bicyclic) bond motifs is 5. The Bertz CT molecular complexity index is 2710.